The van der Waals surface area contributed by atoms with Crippen molar-refractivity contribution in [3.05, 3.63) is 29.8 Å². The van der Waals surface area contributed by atoms with E-state index in [1.165, 1.54) is 12.1 Å². The second kappa shape index (κ2) is 6.29. The van der Waals surface area contributed by atoms with E-state index in [0.29, 0.717) is 0 Å². The van der Waals surface area contributed by atoms with E-state index in [9.17, 15) is 8.42 Å². The summed E-state index contributed by atoms with van der Waals surface area (Å²) >= 11 is 0. The van der Waals surface area contributed by atoms with Crippen LogP contribution in [0.4, 0.5) is 0 Å². The molecule has 0 bridgehead atoms. The Hall–Kier alpha value is -0.950. The first-order chi connectivity index (χ1) is 8.43. The van der Waals surface area contributed by atoms with Gasteiger partial charge in [0.25, 0.3) is 0 Å². The van der Waals surface area contributed by atoms with Crippen molar-refractivity contribution in [3.63, 3.8) is 0 Å². The SMILES string of the molecule is Cc1ccc(S(=O)(=O)N(CCO)[C@H](C)CO)cc1. The Balaban J connectivity index is 3.12. The van der Waals surface area contributed by atoms with Gasteiger partial charge >= 0.3 is 0 Å². The first kappa shape index (κ1) is 15.1. The lowest BCUT2D eigenvalue weighted by molar-refractivity contribution is 0.173. The van der Waals surface area contributed by atoms with E-state index in [1.807, 2.05) is 6.92 Å². The molecule has 0 aliphatic rings. The van der Waals surface area contributed by atoms with E-state index in [0.717, 1.165) is 9.87 Å². The average Bonchev–Trinajstić information content (AvgIpc) is 2.35. The van der Waals surface area contributed by atoms with Crippen LogP contribution in [0.3, 0.4) is 0 Å². The zero-order chi connectivity index (χ0) is 13.8. The van der Waals surface area contributed by atoms with Crippen molar-refractivity contribution in [1.29, 1.82) is 0 Å². The predicted octanol–water partition coefficient (Wildman–Crippen LogP) is 0.359. The number of nitrogens with zero attached hydrogens (tertiary/aromatic N) is 1. The molecule has 0 radical (unpaired) electrons. The minimum absolute atomic E-state index is 0.0298. The Morgan fingerprint density at radius 1 is 1.22 bits per heavy atom. The second-order valence-corrected chi connectivity index (χ2v) is 6.07. The van der Waals surface area contributed by atoms with Crippen LogP contribution < -0.4 is 0 Å². The van der Waals surface area contributed by atoms with Crippen LogP contribution in [-0.4, -0.2) is 48.7 Å². The number of hydrogen-bond donors (Lipinski definition) is 2. The van der Waals surface area contributed by atoms with Gasteiger partial charge in [0.15, 0.2) is 0 Å². The van der Waals surface area contributed by atoms with Crippen LogP contribution in [-0.2, 0) is 10.0 Å². The van der Waals surface area contributed by atoms with Gasteiger partial charge in [-0.3, -0.25) is 0 Å². The highest BCUT2D eigenvalue weighted by Crippen LogP contribution is 2.18. The second-order valence-electron chi connectivity index (χ2n) is 4.18. The molecule has 0 saturated heterocycles. The zero-order valence-electron chi connectivity index (χ0n) is 10.6. The molecule has 5 nitrogen and oxygen atoms in total. The first-order valence-electron chi connectivity index (χ1n) is 5.73. The highest BCUT2D eigenvalue weighted by atomic mass is 32.2. The van der Waals surface area contributed by atoms with E-state index >= 15 is 0 Å². The molecule has 102 valence electrons. The molecule has 0 spiro atoms. The minimum atomic E-state index is -3.68. The van der Waals surface area contributed by atoms with Crippen LogP contribution in [0.15, 0.2) is 29.2 Å². The Morgan fingerprint density at radius 2 is 1.78 bits per heavy atom. The van der Waals surface area contributed by atoms with E-state index < -0.39 is 16.1 Å². The normalized spacial score (nSPS) is 13.8. The van der Waals surface area contributed by atoms with Crippen LogP contribution >= 0.6 is 0 Å². The third-order valence-corrected chi connectivity index (χ3v) is 4.73. The molecular formula is C12H19NO4S. The Bertz CT molecular complexity index is 469. The molecule has 0 aliphatic heterocycles. The highest BCUT2D eigenvalue weighted by Gasteiger charge is 2.28. The number of sulfonamides is 1. The van der Waals surface area contributed by atoms with E-state index in [-0.39, 0.29) is 24.7 Å². The molecule has 1 atom stereocenters. The summed E-state index contributed by atoms with van der Waals surface area (Å²) in [6.45, 7) is 2.87. The molecule has 2 N–H and O–H groups in total. The monoisotopic (exact) mass is 273 g/mol. The van der Waals surface area contributed by atoms with E-state index in [4.69, 9.17) is 10.2 Å². The summed E-state index contributed by atoms with van der Waals surface area (Å²) in [7, 11) is -3.68. The van der Waals surface area contributed by atoms with Crippen molar-refractivity contribution in [2.45, 2.75) is 24.8 Å². The van der Waals surface area contributed by atoms with Crippen LogP contribution in [0.5, 0.6) is 0 Å². The van der Waals surface area contributed by atoms with Gasteiger partial charge in [-0.25, -0.2) is 8.42 Å². The fourth-order valence-electron chi connectivity index (χ4n) is 1.61. The molecule has 0 aromatic heterocycles. The summed E-state index contributed by atoms with van der Waals surface area (Å²) in [5, 5.41) is 18.0. The summed E-state index contributed by atoms with van der Waals surface area (Å²) in [4.78, 5) is 0.168. The molecule has 18 heavy (non-hydrogen) atoms. The maximum absolute atomic E-state index is 12.3. The maximum Gasteiger partial charge on any atom is 0.243 e. The van der Waals surface area contributed by atoms with Gasteiger partial charge in [-0.15, -0.1) is 0 Å². The number of hydrogen-bond acceptors (Lipinski definition) is 4. The van der Waals surface area contributed by atoms with Gasteiger partial charge in [0.1, 0.15) is 0 Å². The zero-order valence-corrected chi connectivity index (χ0v) is 11.4. The third kappa shape index (κ3) is 3.29. The number of aliphatic hydroxyl groups is 2. The smallest absolute Gasteiger partial charge is 0.243 e. The summed E-state index contributed by atoms with van der Waals surface area (Å²) in [5.41, 5.74) is 0.970. The Labute approximate surface area is 108 Å². The van der Waals surface area contributed by atoms with Gasteiger partial charge in [0, 0.05) is 12.6 Å². The molecule has 1 aromatic carbocycles. The topological polar surface area (TPSA) is 77.8 Å². The summed E-state index contributed by atoms with van der Waals surface area (Å²) < 4.78 is 25.8. The Kier molecular flexibility index (Phi) is 5.28. The molecule has 0 amide bonds. The van der Waals surface area contributed by atoms with Crippen LogP contribution in [0, 0.1) is 6.92 Å². The largest absolute Gasteiger partial charge is 0.395 e. The predicted molar refractivity (Wildman–Crippen MR) is 68.7 cm³/mol. The number of rotatable bonds is 6. The lowest BCUT2D eigenvalue weighted by Crippen LogP contribution is -2.42. The van der Waals surface area contributed by atoms with E-state index in [1.54, 1.807) is 19.1 Å². The summed E-state index contributed by atoms with van der Waals surface area (Å²) in [5.74, 6) is 0. The van der Waals surface area contributed by atoms with Crippen LogP contribution in [0.1, 0.15) is 12.5 Å². The fraction of sp³-hybridized carbons (Fsp3) is 0.500. The van der Waals surface area contributed by atoms with Crippen molar-refractivity contribution in [3.8, 4) is 0 Å². The standard InChI is InChI=1S/C12H19NO4S/c1-10-3-5-12(6-4-10)18(16,17)13(7-8-14)11(2)9-15/h3-6,11,14-15H,7-9H2,1-2H3/t11-/m1/s1. The lowest BCUT2D eigenvalue weighted by Gasteiger charge is -2.26. The molecule has 0 saturated carbocycles. The quantitative estimate of drug-likeness (QED) is 0.784. The molecule has 1 aromatic rings. The molecule has 0 unspecified atom stereocenters. The number of benzene rings is 1. The fourth-order valence-corrected chi connectivity index (χ4v) is 3.23. The van der Waals surface area contributed by atoms with Gasteiger partial charge in [0.2, 0.25) is 10.0 Å². The van der Waals surface area contributed by atoms with Gasteiger partial charge in [-0.05, 0) is 26.0 Å². The highest BCUT2D eigenvalue weighted by molar-refractivity contribution is 7.89. The molecular weight excluding hydrogens is 254 g/mol. The van der Waals surface area contributed by atoms with Gasteiger partial charge in [-0.1, -0.05) is 17.7 Å². The molecule has 0 fully saturated rings. The third-order valence-electron chi connectivity index (χ3n) is 2.70. The minimum Gasteiger partial charge on any atom is -0.395 e. The first-order valence-corrected chi connectivity index (χ1v) is 7.17. The lowest BCUT2D eigenvalue weighted by atomic mass is 10.2. The van der Waals surface area contributed by atoms with Crippen LogP contribution in [0.25, 0.3) is 0 Å². The summed E-state index contributed by atoms with van der Waals surface area (Å²) in [6, 6.07) is 5.92. The van der Waals surface area contributed by atoms with Gasteiger partial charge < -0.3 is 10.2 Å². The van der Waals surface area contributed by atoms with Gasteiger partial charge in [0.05, 0.1) is 18.1 Å². The Morgan fingerprint density at radius 3 is 2.22 bits per heavy atom. The summed E-state index contributed by atoms with van der Waals surface area (Å²) in [6.07, 6.45) is 0. The number of aliphatic hydroxyl groups excluding tert-OH is 2. The van der Waals surface area contributed by atoms with Crippen molar-refractivity contribution in [2.24, 2.45) is 0 Å². The molecule has 0 heterocycles. The van der Waals surface area contributed by atoms with Crippen molar-refractivity contribution < 1.29 is 18.6 Å². The van der Waals surface area contributed by atoms with Crippen LogP contribution in [0.2, 0.25) is 0 Å². The van der Waals surface area contributed by atoms with Crippen molar-refractivity contribution >= 4 is 10.0 Å². The maximum atomic E-state index is 12.3. The van der Waals surface area contributed by atoms with E-state index in [2.05, 4.69) is 0 Å². The average molecular weight is 273 g/mol. The van der Waals surface area contributed by atoms with Gasteiger partial charge in [-0.2, -0.15) is 4.31 Å². The molecule has 0 aliphatic carbocycles. The number of aryl methyl sites for hydroxylation is 1. The molecule has 1 rings (SSSR count). The molecule has 6 heteroatoms. The van der Waals surface area contributed by atoms with Crippen molar-refractivity contribution in [2.75, 3.05) is 19.8 Å². The van der Waals surface area contributed by atoms with Crippen molar-refractivity contribution in [1.82, 2.24) is 4.31 Å².